The van der Waals surface area contributed by atoms with Gasteiger partial charge in [-0.15, -0.1) is 0 Å². The summed E-state index contributed by atoms with van der Waals surface area (Å²) in [5, 5.41) is 8.91. The highest BCUT2D eigenvalue weighted by Gasteiger charge is 2.11. The summed E-state index contributed by atoms with van der Waals surface area (Å²) in [6.45, 7) is 7.45. The molecular weight excluding hydrogens is 364 g/mol. The Labute approximate surface area is 170 Å². The summed E-state index contributed by atoms with van der Waals surface area (Å²) in [5.41, 5.74) is 6.61. The predicted octanol–water partition coefficient (Wildman–Crippen LogP) is 4.96. The number of pyridine rings is 1. The van der Waals surface area contributed by atoms with Crippen molar-refractivity contribution in [1.82, 2.24) is 4.98 Å². The maximum absolute atomic E-state index is 12.6. The minimum atomic E-state index is -0.251. The summed E-state index contributed by atoms with van der Waals surface area (Å²) in [6, 6.07) is 14.9. The van der Waals surface area contributed by atoms with Gasteiger partial charge in [-0.2, -0.15) is 0 Å². The number of nitrogens with zero attached hydrogens (tertiary/aromatic N) is 1. The summed E-state index contributed by atoms with van der Waals surface area (Å²) < 4.78 is 0. The SMILES string of the molecule is CC(=O)Nc1cccc(Nc2ccc(C(=O)Nc3c(C)cc(C)cc3C)nc2)c1. The Kier molecular flexibility index (Phi) is 5.93. The lowest BCUT2D eigenvalue weighted by Gasteiger charge is -2.13. The van der Waals surface area contributed by atoms with Crippen molar-refractivity contribution in [2.45, 2.75) is 27.7 Å². The minimum absolute atomic E-state index is 0.127. The molecule has 0 aliphatic rings. The highest BCUT2D eigenvalue weighted by atomic mass is 16.2. The van der Waals surface area contributed by atoms with Crippen molar-refractivity contribution >= 4 is 34.6 Å². The van der Waals surface area contributed by atoms with E-state index in [0.717, 1.165) is 33.8 Å². The average Bonchev–Trinajstić information content (AvgIpc) is 2.65. The lowest BCUT2D eigenvalue weighted by atomic mass is 10.0. The van der Waals surface area contributed by atoms with Crippen LogP contribution in [-0.2, 0) is 4.79 Å². The molecule has 1 heterocycles. The van der Waals surface area contributed by atoms with Crippen LogP contribution in [0.5, 0.6) is 0 Å². The van der Waals surface area contributed by atoms with Gasteiger partial charge >= 0.3 is 0 Å². The molecule has 0 aliphatic heterocycles. The van der Waals surface area contributed by atoms with Crippen LogP contribution in [-0.4, -0.2) is 16.8 Å². The Bertz CT molecular complexity index is 1040. The molecule has 0 unspecified atom stereocenters. The second-order valence-electron chi connectivity index (χ2n) is 7.05. The molecule has 1 aromatic heterocycles. The van der Waals surface area contributed by atoms with Gasteiger partial charge in [0, 0.05) is 24.0 Å². The lowest BCUT2D eigenvalue weighted by molar-refractivity contribution is -0.114. The monoisotopic (exact) mass is 388 g/mol. The molecule has 0 fully saturated rings. The van der Waals surface area contributed by atoms with E-state index in [0.29, 0.717) is 11.4 Å². The Morgan fingerprint density at radius 3 is 2.14 bits per heavy atom. The third kappa shape index (κ3) is 5.19. The number of carbonyl (C=O) groups is 2. The second kappa shape index (κ2) is 8.56. The van der Waals surface area contributed by atoms with Gasteiger partial charge in [0.05, 0.1) is 11.9 Å². The summed E-state index contributed by atoms with van der Waals surface area (Å²) in [7, 11) is 0. The van der Waals surface area contributed by atoms with Crippen LogP contribution in [0.25, 0.3) is 0 Å². The molecule has 0 aliphatic carbocycles. The smallest absolute Gasteiger partial charge is 0.274 e. The fraction of sp³-hybridized carbons (Fsp3) is 0.174. The first-order valence-corrected chi connectivity index (χ1v) is 9.32. The van der Waals surface area contributed by atoms with Crippen molar-refractivity contribution in [3.05, 3.63) is 77.1 Å². The van der Waals surface area contributed by atoms with Crippen LogP contribution in [0.15, 0.2) is 54.7 Å². The van der Waals surface area contributed by atoms with E-state index in [-0.39, 0.29) is 11.8 Å². The zero-order valence-electron chi connectivity index (χ0n) is 17.0. The Morgan fingerprint density at radius 2 is 1.52 bits per heavy atom. The average molecular weight is 388 g/mol. The summed E-state index contributed by atoms with van der Waals surface area (Å²) in [5.74, 6) is -0.377. The van der Waals surface area contributed by atoms with Gasteiger partial charge in [0.1, 0.15) is 5.69 Å². The standard InChI is InChI=1S/C23H24N4O2/c1-14-10-15(2)22(16(3)11-14)27-23(29)21-9-8-20(13-24-21)26-19-7-5-6-18(12-19)25-17(4)28/h5-13,26H,1-4H3,(H,25,28)(H,27,29). The van der Waals surface area contributed by atoms with Crippen LogP contribution >= 0.6 is 0 Å². The van der Waals surface area contributed by atoms with Gasteiger partial charge in [-0.25, -0.2) is 4.98 Å². The number of hydrogen-bond donors (Lipinski definition) is 3. The van der Waals surface area contributed by atoms with Crippen LogP contribution in [0.2, 0.25) is 0 Å². The number of aryl methyl sites for hydroxylation is 3. The highest BCUT2D eigenvalue weighted by molar-refractivity contribution is 6.03. The Morgan fingerprint density at radius 1 is 0.828 bits per heavy atom. The molecule has 0 bridgehead atoms. The molecule has 0 spiro atoms. The zero-order valence-corrected chi connectivity index (χ0v) is 17.0. The van der Waals surface area contributed by atoms with E-state index >= 15 is 0 Å². The summed E-state index contributed by atoms with van der Waals surface area (Å²) in [6.07, 6.45) is 1.61. The van der Waals surface area contributed by atoms with E-state index in [2.05, 4.69) is 20.9 Å². The topological polar surface area (TPSA) is 83.1 Å². The molecule has 2 amide bonds. The van der Waals surface area contributed by atoms with Gasteiger partial charge in [-0.05, 0) is 62.2 Å². The maximum atomic E-state index is 12.6. The first-order chi connectivity index (χ1) is 13.8. The fourth-order valence-electron chi connectivity index (χ4n) is 3.20. The van der Waals surface area contributed by atoms with E-state index in [9.17, 15) is 9.59 Å². The first-order valence-electron chi connectivity index (χ1n) is 9.32. The third-order valence-corrected chi connectivity index (χ3v) is 4.38. The molecule has 3 N–H and O–H groups in total. The number of anilines is 4. The van der Waals surface area contributed by atoms with E-state index in [1.165, 1.54) is 6.92 Å². The van der Waals surface area contributed by atoms with Gasteiger partial charge in [0.15, 0.2) is 0 Å². The van der Waals surface area contributed by atoms with E-state index in [1.54, 1.807) is 18.3 Å². The number of nitrogens with one attached hydrogen (secondary N) is 3. The number of aromatic nitrogens is 1. The molecule has 3 rings (SSSR count). The predicted molar refractivity (Wildman–Crippen MR) is 117 cm³/mol. The van der Waals surface area contributed by atoms with E-state index in [1.807, 2.05) is 57.2 Å². The molecule has 0 radical (unpaired) electrons. The molecule has 0 atom stereocenters. The molecule has 0 saturated heterocycles. The van der Waals surface area contributed by atoms with Crippen molar-refractivity contribution in [2.24, 2.45) is 0 Å². The number of carbonyl (C=O) groups excluding carboxylic acids is 2. The molecule has 148 valence electrons. The van der Waals surface area contributed by atoms with Gasteiger partial charge in [0.25, 0.3) is 5.91 Å². The molecule has 0 saturated carbocycles. The number of benzene rings is 2. The van der Waals surface area contributed by atoms with Gasteiger partial charge < -0.3 is 16.0 Å². The maximum Gasteiger partial charge on any atom is 0.274 e. The van der Waals surface area contributed by atoms with Gasteiger partial charge in [-0.3, -0.25) is 9.59 Å². The number of rotatable bonds is 5. The Balaban J connectivity index is 1.70. The van der Waals surface area contributed by atoms with Gasteiger partial charge in [0.2, 0.25) is 5.91 Å². The lowest BCUT2D eigenvalue weighted by Crippen LogP contribution is -2.15. The normalized spacial score (nSPS) is 10.3. The van der Waals surface area contributed by atoms with Crippen molar-refractivity contribution in [2.75, 3.05) is 16.0 Å². The van der Waals surface area contributed by atoms with Crippen LogP contribution in [0.3, 0.4) is 0 Å². The van der Waals surface area contributed by atoms with E-state index in [4.69, 9.17) is 0 Å². The van der Waals surface area contributed by atoms with E-state index < -0.39 is 0 Å². The largest absolute Gasteiger partial charge is 0.354 e. The highest BCUT2D eigenvalue weighted by Crippen LogP contribution is 2.23. The quantitative estimate of drug-likeness (QED) is 0.577. The second-order valence-corrected chi connectivity index (χ2v) is 7.05. The fourth-order valence-corrected chi connectivity index (χ4v) is 3.20. The Hall–Kier alpha value is -3.67. The van der Waals surface area contributed by atoms with Crippen LogP contribution in [0.1, 0.15) is 34.1 Å². The summed E-state index contributed by atoms with van der Waals surface area (Å²) in [4.78, 5) is 28.1. The third-order valence-electron chi connectivity index (χ3n) is 4.38. The molecule has 2 aromatic carbocycles. The molecular formula is C23H24N4O2. The summed E-state index contributed by atoms with van der Waals surface area (Å²) >= 11 is 0. The van der Waals surface area contributed by atoms with Crippen LogP contribution in [0.4, 0.5) is 22.7 Å². The molecule has 6 heteroatoms. The minimum Gasteiger partial charge on any atom is -0.354 e. The number of amides is 2. The first kappa shape index (κ1) is 20.1. The van der Waals surface area contributed by atoms with Crippen molar-refractivity contribution in [3.63, 3.8) is 0 Å². The number of hydrogen-bond acceptors (Lipinski definition) is 4. The van der Waals surface area contributed by atoms with Crippen LogP contribution < -0.4 is 16.0 Å². The van der Waals surface area contributed by atoms with Crippen molar-refractivity contribution in [1.29, 1.82) is 0 Å². The van der Waals surface area contributed by atoms with Crippen molar-refractivity contribution in [3.8, 4) is 0 Å². The molecule has 6 nitrogen and oxygen atoms in total. The van der Waals surface area contributed by atoms with Crippen LogP contribution in [0, 0.1) is 20.8 Å². The zero-order chi connectivity index (χ0) is 21.0. The van der Waals surface area contributed by atoms with Gasteiger partial charge in [-0.1, -0.05) is 23.8 Å². The molecule has 29 heavy (non-hydrogen) atoms. The molecule has 3 aromatic rings. The van der Waals surface area contributed by atoms with Crippen molar-refractivity contribution < 1.29 is 9.59 Å².